The van der Waals surface area contributed by atoms with Crippen LogP contribution in [0.5, 0.6) is 0 Å². The molecule has 0 amide bonds. The zero-order valence-corrected chi connectivity index (χ0v) is 26.5. The Morgan fingerprint density at radius 2 is 1.52 bits per heavy atom. The van der Waals surface area contributed by atoms with E-state index in [-0.39, 0.29) is 24.0 Å². The number of carbonyl (C=O) groups is 2. The van der Waals surface area contributed by atoms with Gasteiger partial charge in [0.15, 0.2) is 0 Å². The molecule has 2 aromatic heterocycles. The molecule has 0 aromatic carbocycles. The van der Waals surface area contributed by atoms with Crippen LogP contribution in [0.2, 0.25) is 0 Å². The normalized spacial score (nSPS) is 26.4. The number of ether oxygens (including phenoxy) is 4. The third-order valence-corrected chi connectivity index (χ3v) is 9.10. The van der Waals surface area contributed by atoms with Gasteiger partial charge in [-0.2, -0.15) is 0 Å². The molecule has 19 nitrogen and oxygen atoms in total. The van der Waals surface area contributed by atoms with Crippen LogP contribution in [0.4, 0.5) is 0 Å². The highest BCUT2D eigenvalue weighted by molar-refractivity contribution is 7.51. The van der Waals surface area contributed by atoms with Crippen molar-refractivity contribution in [1.29, 1.82) is 0 Å². The summed E-state index contributed by atoms with van der Waals surface area (Å²) in [6.45, 7) is 4.29. The van der Waals surface area contributed by atoms with Gasteiger partial charge in [-0.05, 0) is 20.8 Å². The Morgan fingerprint density at radius 3 is 2.02 bits per heavy atom. The van der Waals surface area contributed by atoms with Crippen LogP contribution in [0, 0.1) is 13.8 Å². The van der Waals surface area contributed by atoms with E-state index >= 15 is 0 Å². The largest absolute Gasteiger partial charge is 0.468 e. The summed E-state index contributed by atoms with van der Waals surface area (Å²) in [5.41, 5.74) is -2.29. The molecule has 0 aliphatic carbocycles. The quantitative estimate of drug-likeness (QED) is 0.154. The predicted octanol–water partition coefficient (Wildman–Crippen LogP) is -1.14. The molecule has 46 heavy (non-hydrogen) atoms. The number of hydrogen-bond donors (Lipinski definition) is 4. The molecule has 0 saturated carbocycles. The zero-order chi connectivity index (χ0) is 33.9. The second-order valence-corrected chi connectivity index (χ2v) is 12.6. The van der Waals surface area contributed by atoms with Gasteiger partial charge >= 0.3 is 31.1 Å². The molecule has 2 aliphatic heterocycles. The second-order valence-electron chi connectivity index (χ2n) is 10.8. The third kappa shape index (κ3) is 7.98. The molecule has 254 valence electrons. The summed E-state index contributed by atoms with van der Waals surface area (Å²) in [5, 5.41) is 12.5. The SMILES string of the molecule is COC(=O)[C@H](C)NP(=O)(OC[C@H]1O[C@@H](n2cc(C)c(=O)[nH]c2=O)C[C@@H]1OC(C)=O)O[C@H]1C[C@H](n2cc(C)c(=O)[nH]c2=O)O[C@@H]1CO. The number of aryl methyl sites for hydroxylation is 2. The van der Waals surface area contributed by atoms with Crippen LogP contribution in [0.15, 0.2) is 31.6 Å². The predicted molar refractivity (Wildman–Crippen MR) is 155 cm³/mol. The lowest BCUT2D eigenvalue weighted by Crippen LogP contribution is -2.38. The highest BCUT2D eigenvalue weighted by atomic mass is 31.2. The molecule has 4 rings (SSSR count). The summed E-state index contributed by atoms with van der Waals surface area (Å²) >= 11 is 0. The monoisotopic (exact) mass is 673 g/mol. The van der Waals surface area contributed by atoms with Gasteiger partial charge in [0.05, 0.1) is 20.3 Å². The fraction of sp³-hybridized carbons (Fsp3) is 0.615. The number of nitrogens with zero attached hydrogens (tertiary/aromatic N) is 2. The minimum absolute atomic E-state index is 0.0335. The Labute approximate surface area is 260 Å². The summed E-state index contributed by atoms with van der Waals surface area (Å²) in [7, 11) is -3.43. The van der Waals surface area contributed by atoms with Gasteiger partial charge in [-0.1, -0.05) is 0 Å². The van der Waals surface area contributed by atoms with Gasteiger partial charge in [-0.25, -0.2) is 19.2 Å². The van der Waals surface area contributed by atoms with Crippen molar-refractivity contribution in [2.45, 2.75) is 83.5 Å². The molecule has 0 radical (unpaired) electrons. The molecule has 2 fully saturated rings. The highest BCUT2D eigenvalue weighted by Crippen LogP contribution is 2.50. The first-order chi connectivity index (χ1) is 21.6. The Bertz CT molecular complexity index is 1730. The lowest BCUT2D eigenvalue weighted by molar-refractivity contribution is -0.150. The first-order valence-corrected chi connectivity index (χ1v) is 15.7. The number of nitrogens with one attached hydrogen (secondary N) is 3. The molecule has 1 unspecified atom stereocenters. The van der Waals surface area contributed by atoms with Gasteiger partial charge in [0, 0.05) is 43.3 Å². The summed E-state index contributed by atoms with van der Waals surface area (Å²) in [5.74, 6) is -1.49. The molecule has 2 aromatic rings. The van der Waals surface area contributed by atoms with E-state index in [1.54, 1.807) is 0 Å². The number of esters is 2. The number of methoxy groups -OCH3 is 1. The van der Waals surface area contributed by atoms with Crippen LogP contribution in [0.25, 0.3) is 0 Å². The van der Waals surface area contributed by atoms with Gasteiger partial charge in [0.2, 0.25) is 0 Å². The van der Waals surface area contributed by atoms with E-state index in [0.717, 1.165) is 23.2 Å². The number of H-pyrrole nitrogens is 2. The minimum atomic E-state index is -4.54. The van der Waals surface area contributed by atoms with Crippen LogP contribution < -0.4 is 27.6 Å². The van der Waals surface area contributed by atoms with Crippen molar-refractivity contribution < 1.29 is 47.3 Å². The summed E-state index contributed by atoms with van der Waals surface area (Å²) in [6.07, 6.45) is -4.04. The first kappa shape index (κ1) is 35.1. The molecule has 2 saturated heterocycles. The number of aliphatic hydroxyl groups is 1. The van der Waals surface area contributed by atoms with Crippen molar-refractivity contribution in [2.24, 2.45) is 0 Å². The molecule has 8 atom stereocenters. The van der Waals surface area contributed by atoms with Gasteiger partial charge in [-0.3, -0.25) is 47.3 Å². The van der Waals surface area contributed by atoms with Crippen LogP contribution in [-0.4, -0.2) is 86.9 Å². The van der Waals surface area contributed by atoms with Crippen molar-refractivity contribution in [3.05, 3.63) is 65.2 Å². The van der Waals surface area contributed by atoms with Crippen LogP contribution in [0.3, 0.4) is 0 Å². The lowest BCUT2D eigenvalue weighted by Gasteiger charge is -2.28. The fourth-order valence-electron chi connectivity index (χ4n) is 5.02. The van der Waals surface area contributed by atoms with Gasteiger partial charge in [0.1, 0.15) is 42.9 Å². The molecule has 4 N–H and O–H groups in total. The maximum atomic E-state index is 14.2. The molecule has 20 heteroatoms. The molecular weight excluding hydrogens is 637 g/mol. The Kier molecular flexibility index (Phi) is 11.0. The number of aliphatic hydroxyl groups excluding tert-OH is 1. The summed E-state index contributed by atoms with van der Waals surface area (Å²) in [4.78, 5) is 77.0. The smallest absolute Gasteiger partial charge is 0.406 e. The van der Waals surface area contributed by atoms with E-state index in [2.05, 4.69) is 15.1 Å². The topological polar surface area (TPSA) is 249 Å². The van der Waals surface area contributed by atoms with E-state index in [9.17, 15) is 38.4 Å². The lowest BCUT2D eigenvalue weighted by atomic mass is 10.2. The number of hydrogen-bond acceptors (Lipinski definition) is 14. The summed E-state index contributed by atoms with van der Waals surface area (Å²) in [6, 6.07) is -1.23. The maximum Gasteiger partial charge on any atom is 0.406 e. The van der Waals surface area contributed by atoms with Gasteiger partial charge in [-0.15, -0.1) is 0 Å². The third-order valence-electron chi connectivity index (χ3n) is 7.36. The van der Waals surface area contributed by atoms with E-state index in [4.69, 9.17) is 28.0 Å². The van der Waals surface area contributed by atoms with Crippen molar-refractivity contribution in [2.75, 3.05) is 20.3 Å². The Balaban J connectivity index is 1.58. The molecule has 2 aliphatic rings. The van der Waals surface area contributed by atoms with Crippen molar-refractivity contribution in [3.63, 3.8) is 0 Å². The molecule has 4 heterocycles. The van der Waals surface area contributed by atoms with Crippen LogP contribution in [-0.2, 0) is 42.1 Å². The second kappa shape index (κ2) is 14.4. The maximum absolute atomic E-state index is 14.2. The number of rotatable bonds is 12. The van der Waals surface area contributed by atoms with E-state index in [1.165, 1.54) is 33.2 Å². The highest BCUT2D eigenvalue weighted by Gasteiger charge is 2.45. The van der Waals surface area contributed by atoms with Gasteiger partial charge < -0.3 is 24.1 Å². The summed E-state index contributed by atoms with van der Waals surface area (Å²) < 4.78 is 49.7. The van der Waals surface area contributed by atoms with E-state index in [1.807, 2.05) is 0 Å². The van der Waals surface area contributed by atoms with Crippen LogP contribution >= 0.6 is 7.75 Å². The minimum Gasteiger partial charge on any atom is -0.468 e. The van der Waals surface area contributed by atoms with E-state index < -0.39 is 98.3 Å². The van der Waals surface area contributed by atoms with Crippen molar-refractivity contribution in [3.8, 4) is 0 Å². The average molecular weight is 674 g/mol. The van der Waals surface area contributed by atoms with E-state index in [0.29, 0.717) is 0 Å². The molecule has 0 bridgehead atoms. The molecule has 0 spiro atoms. The number of carbonyl (C=O) groups excluding carboxylic acids is 2. The standard InChI is InChI=1S/C26H36N5O14P/c1-12-8-30(25(37)27-22(12)34)20-6-16(42-15(4)33)19(44-20)11-41-46(39,29-14(3)24(36)40-5)45-17-7-21(43-18(17)10-32)31-9-13(2)23(35)28-26(31)38/h8-9,14,16-21,32H,6-7,10-11H2,1-5H3,(H,29,39)(H,27,34,37)(H,28,35,38)/t14-,16-,17-,18+,19+,20+,21+,46?/m0/s1. The van der Waals surface area contributed by atoms with Crippen LogP contribution in [0.1, 0.15) is 50.3 Å². The first-order valence-electron chi connectivity index (χ1n) is 14.2. The molecular formula is C26H36N5O14P. The fourth-order valence-corrected chi connectivity index (χ4v) is 6.72. The number of aromatic nitrogens is 4. The Morgan fingerprint density at radius 1 is 1.00 bits per heavy atom. The Hall–Kier alpha value is -3.71. The van der Waals surface area contributed by atoms with Crippen molar-refractivity contribution in [1.82, 2.24) is 24.2 Å². The average Bonchev–Trinajstić information content (AvgIpc) is 3.58. The number of aromatic amines is 2. The zero-order valence-electron chi connectivity index (χ0n) is 25.6. The van der Waals surface area contributed by atoms with Gasteiger partial charge in [0.25, 0.3) is 11.1 Å². The van der Waals surface area contributed by atoms with Crippen molar-refractivity contribution >= 4 is 19.7 Å².